The summed E-state index contributed by atoms with van der Waals surface area (Å²) in [5.41, 5.74) is 6.20. The monoisotopic (exact) mass is 290 g/mol. The molecule has 0 amide bonds. The lowest BCUT2D eigenvalue weighted by Crippen LogP contribution is -2.19. The second kappa shape index (κ2) is 5.84. The van der Waals surface area contributed by atoms with Crippen molar-refractivity contribution in [3.05, 3.63) is 23.8 Å². The van der Waals surface area contributed by atoms with E-state index in [1.807, 2.05) is 6.07 Å². The van der Waals surface area contributed by atoms with Crippen LogP contribution in [0.2, 0.25) is 0 Å². The van der Waals surface area contributed by atoms with Crippen LogP contribution in [0.3, 0.4) is 0 Å². The number of nitrogens with two attached hydrogens (primary N) is 1. The molecule has 0 aliphatic heterocycles. The number of nitrogens with zero attached hydrogens (tertiary/aromatic N) is 1. The summed E-state index contributed by atoms with van der Waals surface area (Å²) in [6, 6.07) is 5.32. The smallest absolute Gasteiger partial charge is 0.170 e. The van der Waals surface area contributed by atoms with Gasteiger partial charge in [0, 0.05) is 5.56 Å². The Morgan fingerprint density at radius 3 is 2.81 bits per heavy atom. The van der Waals surface area contributed by atoms with Gasteiger partial charge in [-0.25, -0.2) is 0 Å². The van der Waals surface area contributed by atoms with E-state index >= 15 is 0 Å². The van der Waals surface area contributed by atoms with Gasteiger partial charge >= 0.3 is 0 Å². The number of amidine groups is 1. The van der Waals surface area contributed by atoms with Crippen LogP contribution in [0, 0.1) is 17.8 Å². The first-order valence-corrected chi connectivity index (χ1v) is 7.50. The van der Waals surface area contributed by atoms with Crippen LogP contribution < -0.4 is 15.2 Å². The summed E-state index contributed by atoms with van der Waals surface area (Å²) in [6.45, 7) is 0.750. The van der Waals surface area contributed by atoms with Gasteiger partial charge in [-0.1, -0.05) is 11.6 Å². The molecular weight excluding hydrogens is 268 g/mol. The second-order valence-electron chi connectivity index (χ2n) is 6.10. The van der Waals surface area contributed by atoms with E-state index in [-0.39, 0.29) is 5.84 Å². The molecule has 2 fully saturated rings. The molecule has 0 saturated heterocycles. The van der Waals surface area contributed by atoms with Gasteiger partial charge in [-0.05, 0) is 55.2 Å². The number of benzene rings is 1. The van der Waals surface area contributed by atoms with Gasteiger partial charge in [0.2, 0.25) is 0 Å². The molecule has 0 radical (unpaired) electrons. The van der Waals surface area contributed by atoms with Crippen molar-refractivity contribution in [3.8, 4) is 11.5 Å². The Balaban J connectivity index is 1.67. The fraction of sp³-hybridized carbons (Fsp3) is 0.562. The van der Waals surface area contributed by atoms with Gasteiger partial charge in [0.25, 0.3) is 0 Å². The van der Waals surface area contributed by atoms with Crippen LogP contribution in [0.4, 0.5) is 0 Å². The Bertz CT molecular complexity index is 544. The normalized spacial score (nSPS) is 27.9. The zero-order valence-corrected chi connectivity index (χ0v) is 12.3. The molecule has 5 heteroatoms. The minimum absolute atomic E-state index is 0.0629. The molecular formula is C16H22N2O3. The summed E-state index contributed by atoms with van der Waals surface area (Å²) < 4.78 is 11.3. The molecule has 0 heterocycles. The Morgan fingerprint density at radius 2 is 2.19 bits per heavy atom. The fourth-order valence-electron chi connectivity index (χ4n) is 3.78. The van der Waals surface area contributed by atoms with Gasteiger partial charge < -0.3 is 20.4 Å². The molecule has 1 aromatic rings. The first kappa shape index (κ1) is 14.0. The van der Waals surface area contributed by atoms with Crippen LogP contribution in [0.5, 0.6) is 11.5 Å². The lowest BCUT2D eigenvalue weighted by molar-refractivity contribution is 0.190. The molecule has 2 bridgehead atoms. The summed E-state index contributed by atoms with van der Waals surface area (Å²) >= 11 is 0. The average molecular weight is 290 g/mol. The minimum atomic E-state index is 0.0629. The predicted octanol–water partition coefficient (Wildman–Crippen LogP) is 2.60. The number of fused-ring (bicyclic) bond motifs is 2. The molecule has 2 aliphatic rings. The molecule has 5 nitrogen and oxygen atoms in total. The van der Waals surface area contributed by atoms with E-state index in [1.54, 1.807) is 19.2 Å². The van der Waals surface area contributed by atoms with Crippen molar-refractivity contribution < 1.29 is 14.7 Å². The van der Waals surface area contributed by atoms with Gasteiger partial charge in [-0.2, -0.15) is 0 Å². The molecule has 3 unspecified atom stereocenters. The maximum absolute atomic E-state index is 8.72. The van der Waals surface area contributed by atoms with Crippen LogP contribution >= 0.6 is 0 Å². The van der Waals surface area contributed by atoms with Crippen molar-refractivity contribution in [2.75, 3.05) is 13.7 Å². The van der Waals surface area contributed by atoms with Crippen LogP contribution in [0.25, 0.3) is 0 Å². The van der Waals surface area contributed by atoms with Crippen molar-refractivity contribution in [2.45, 2.75) is 25.7 Å². The third-order valence-corrected chi connectivity index (χ3v) is 4.90. The first-order valence-electron chi connectivity index (χ1n) is 7.50. The summed E-state index contributed by atoms with van der Waals surface area (Å²) in [4.78, 5) is 0. The maximum Gasteiger partial charge on any atom is 0.170 e. The SMILES string of the molecule is COc1cc(C(N)=NO)ccc1OCC1CC2CCC1C2. The fourth-order valence-corrected chi connectivity index (χ4v) is 3.78. The van der Waals surface area contributed by atoms with E-state index in [4.69, 9.17) is 20.4 Å². The van der Waals surface area contributed by atoms with Crippen LogP contribution in [0.15, 0.2) is 23.4 Å². The maximum atomic E-state index is 8.72. The first-order chi connectivity index (χ1) is 10.2. The average Bonchev–Trinajstić information content (AvgIpc) is 3.14. The summed E-state index contributed by atoms with van der Waals surface area (Å²) in [7, 11) is 1.59. The molecule has 1 aromatic carbocycles. The number of methoxy groups -OCH3 is 1. The minimum Gasteiger partial charge on any atom is -0.493 e. The number of ether oxygens (including phenoxy) is 2. The Labute approximate surface area is 124 Å². The van der Waals surface area contributed by atoms with E-state index in [0.29, 0.717) is 17.2 Å². The molecule has 0 aromatic heterocycles. The molecule has 2 saturated carbocycles. The highest BCUT2D eigenvalue weighted by atomic mass is 16.5. The van der Waals surface area contributed by atoms with Crippen molar-refractivity contribution in [1.82, 2.24) is 0 Å². The van der Waals surface area contributed by atoms with Crippen molar-refractivity contribution >= 4 is 5.84 Å². The van der Waals surface area contributed by atoms with Gasteiger partial charge in [-0.3, -0.25) is 0 Å². The number of oxime groups is 1. The van der Waals surface area contributed by atoms with Crippen molar-refractivity contribution in [3.63, 3.8) is 0 Å². The number of rotatable bonds is 5. The summed E-state index contributed by atoms with van der Waals surface area (Å²) in [5.74, 6) is 3.84. The van der Waals surface area contributed by atoms with E-state index in [1.165, 1.54) is 25.7 Å². The molecule has 114 valence electrons. The van der Waals surface area contributed by atoms with E-state index in [0.717, 1.165) is 24.2 Å². The second-order valence-corrected chi connectivity index (χ2v) is 6.10. The van der Waals surface area contributed by atoms with E-state index < -0.39 is 0 Å². The lowest BCUT2D eigenvalue weighted by Gasteiger charge is -2.22. The zero-order valence-electron chi connectivity index (χ0n) is 12.3. The predicted molar refractivity (Wildman–Crippen MR) is 79.9 cm³/mol. The molecule has 3 rings (SSSR count). The van der Waals surface area contributed by atoms with Crippen LogP contribution in [-0.2, 0) is 0 Å². The van der Waals surface area contributed by atoms with Crippen molar-refractivity contribution in [2.24, 2.45) is 28.6 Å². The highest BCUT2D eigenvalue weighted by Gasteiger charge is 2.39. The van der Waals surface area contributed by atoms with E-state index in [2.05, 4.69) is 5.16 Å². The Hall–Kier alpha value is -1.91. The van der Waals surface area contributed by atoms with Gasteiger partial charge in [0.1, 0.15) is 0 Å². The Kier molecular flexibility index (Phi) is 3.90. The highest BCUT2D eigenvalue weighted by molar-refractivity contribution is 5.97. The number of hydrogen-bond acceptors (Lipinski definition) is 4. The van der Waals surface area contributed by atoms with Gasteiger partial charge in [-0.15, -0.1) is 0 Å². The van der Waals surface area contributed by atoms with Crippen molar-refractivity contribution in [1.29, 1.82) is 0 Å². The zero-order chi connectivity index (χ0) is 14.8. The molecule has 3 atom stereocenters. The lowest BCUT2D eigenvalue weighted by atomic mass is 9.89. The largest absolute Gasteiger partial charge is 0.493 e. The molecule has 2 aliphatic carbocycles. The summed E-state index contributed by atoms with van der Waals surface area (Å²) in [6.07, 6.45) is 5.44. The third kappa shape index (κ3) is 2.77. The topological polar surface area (TPSA) is 77.1 Å². The third-order valence-electron chi connectivity index (χ3n) is 4.90. The van der Waals surface area contributed by atoms with Gasteiger partial charge in [0.05, 0.1) is 13.7 Å². The summed E-state index contributed by atoms with van der Waals surface area (Å²) in [5, 5.41) is 11.7. The molecule has 21 heavy (non-hydrogen) atoms. The molecule has 0 spiro atoms. The van der Waals surface area contributed by atoms with Gasteiger partial charge in [0.15, 0.2) is 17.3 Å². The Morgan fingerprint density at radius 1 is 1.33 bits per heavy atom. The number of hydrogen-bond donors (Lipinski definition) is 2. The van der Waals surface area contributed by atoms with E-state index in [9.17, 15) is 0 Å². The quantitative estimate of drug-likeness (QED) is 0.378. The highest BCUT2D eigenvalue weighted by Crippen LogP contribution is 2.48. The molecule has 3 N–H and O–H groups in total. The van der Waals surface area contributed by atoms with Crippen LogP contribution in [0.1, 0.15) is 31.2 Å². The standard InChI is InChI=1S/C16H22N2O3/c1-20-15-8-12(16(17)18-19)4-5-14(15)21-9-13-7-10-2-3-11(13)6-10/h4-5,8,10-11,13,19H,2-3,6-7,9H2,1H3,(H2,17,18). The van der Waals surface area contributed by atoms with Crippen LogP contribution in [-0.4, -0.2) is 24.8 Å².